The van der Waals surface area contributed by atoms with E-state index in [0.717, 1.165) is 12.8 Å². The van der Waals surface area contributed by atoms with Gasteiger partial charge in [-0.05, 0) is 25.2 Å². The molecule has 0 saturated carbocycles. The molecule has 2 atom stereocenters. The Morgan fingerprint density at radius 2 is 2.44 bits per heavy atom. The van der Waals surface area contributed by atoms with Crippen molar-refractivity contribution in [3.63, 3.8) is 0 Å². The number of hydrogen-bond donors (Lipinski definition) is 3. The quantitative estimate of drug-likeness (QED) is 0.550. The number of carbonyl (C=O) groups is 2. The number of rotatable bonds is 6. The largest absolute Gasteiger partial charge is 0.396 e. The average molecular weight is 228 g/mol. The molecule has 0 radical (unpaired) electrons. The summed E-state index contributed by atoms with van der Waals surface area (Å²) < 4.78 is 0. The SMILES string of the molecule is CC(CO)CCCNC(=O)C1CCC(=O)N1. The van der Waals surface area contributed by atoms with Crippen molar-refractivity contribution in [2.24, 2.45) is 5.92 Å². The van der Waals surface area contributed by atoms with Crippen molar-refractivity contribution < 1.29 is 14.7 Å². The van der Waals surface area contributed by atoms with Crippen LogP contribution in [0.2, 0.25) is 0 Å². The standard InChI is InChI=1S/C11H20N2O3/c1-8(7-14)3-2-6-12-11(16)9-4-5-10(15)13-9/h8-9,14H,2-7H2,1H3,(H,12,16)(H,13,15). The van der Waals surface area contributed by atoms with Gasteiger partial charge in [0.15, 0.2) is 0 Å². The van der Waals surface area contributed by atoms with Gasteiger partial charge in [-0.2, -0.15) is 0 Å². The predicted octanol–water partition coefficient (Wildman–Crippen LogP) is -0.210. The maximum Gasteiger partial charge on any atom is 0.242 e. The Kier molecular flexibility index (Phi) is 5.25. The number of aliphatic hydroxyl groups is 1. The van der Waals surface area contributed by atoms with Gasteiger partial charge in [-0.25, -0.2) is 0 Å². The molecule has 1 fully saturated rings. The van der Waals surface area contributed by atoms with Crippen LogP contribution in [-0.4, -0.2) is 36.1 Å². The Balaban J connectivity index is 2.09. The van der Waals surface area contributed by atoms with E-state index >= 15 is 0 Å². The highest BCUT2D eigenvalue weighted by Gasteiger charge is 2.26. The number of hydrogen-bond acceptors (Lipinski definition) is 3. The van der Waals surface area contributed by atoms with Crippen molar-refractivity contribution >= 4 is 11.8 Å². The molecule has 5 heteroatoms. The van der Waals surface area contributed by atoms with Crippen LogP contribution >= 0.6 is 0 Å². The summed E-state index contributed by atoms with van der Waals surface area (Å²) in [4.78, 5) is 22.4. The Morgan fingerprint density at radius 1 is 1.69 bits per heavy atom. The zero-order chi connectivity index (χ0) is 12.0. The van der Waals surface area contributed by atoms with Crippen molar-refractivity contribution in [2.75, 3.05) is 13.2 Å². The van der Waals surface area contributed by atoms with Crippen molar-refractivity contribution in [1.82, 2.24) is 10.6 Å². The Hall–Kier alpha value is -1.10. The van der Waals surface area contributed by atoms with Gasteiger partial charge in [-0.3, -0.25) is 9.59 Å². The van der Waals surface area contributed by atoms with E-state index in [2.05, 4.69) is 10.6 Å². The average Bonchev–Trinajstić information content (AvgIpc) is 2.70. The molecule has 1 heterocycles. The summed E-state index contributed by atoms with van der Waals surface area (Å²) in [5, 5.41) is 14.2. The normalized spacial score (nSPS) is 21.6. The van der Waals surface area contributed by atoms with E-state index in [0.29, 0.717) is 19.4 Å². The third kappa shape index (κ3) is 4.18. The van der Waals surface area contributed by atoms with Gasteiger partial charge >= 0.3 is 0 Å². The molecule has 0 aliphatic carbocycles. The molecule has 5 nitrogen and oxygen atoms in total. The van der Waals surface area contributed by atoms with Crippen LogP contribution in [0.5, 0.6) is 0 Å². The highest BCUT2D eigenvalue weighted by molar-refractivity contribution is 5.90. The van der Waals surface area contributed by atoms with E-state index in [-0.39, 0.29) is 30.4 Å². The van der Waals surface area contributed by atoms with Crippen LogP contribution < -0.4 is 10.6 Å². The first-order valence-corrected chi connectivity index (χ1v) is 5.81. The van der Waals surface area contributed by atoms with Crippen LogP contribution in [0.4, 0.5) is 0 Å². The molecule has 1 aliphatic rings. The van der Waals surface area contributed by atoms with Gasteiger partial charge < -0.3 is 15.7 Å². The van der Waals surface area contributed by atoms with Crippen LogP contribution in [0.1, 0.15) is 32.6 Å². The summed E-state index contributed by atoms with van der Waals surface area (Å²) >= 11 is 0. The van der Waals surface area contributed by atoms with E-state index < -0.39 is 0 Å². The van der Waals surface area contributed by atoms with Crippen LogP contribution in [0.3, 0.4) is 0 Å². The summed E-state index contributed by atoms with van der Waals surface area (Å²) in [6, 6.07) is -0.345. The molecule has 1 aliphatic heterocycles. The molecule has 0 aromatic carbocycles. The summed E-state index contributed by atoms with van der Waals surface area (Å²) in [6.07, 6.45) is 2.79. The molecular weight excluding hydrogens is 208 g/mol. The van der Waals surface area contributed by atoms with Crippen molar-refractivity contribution in [2.45, 2.75) is 38.6 Å². The minimum Gasteiger partial charge on any atom is -0.396 e. The summed E-state index contributed by atoms with van der Waals surface area (Å²) in [6.45, 7) is 2.77. The lowest BCUT2D eigenvalue weighted by molar-refractivity contribution is -0.125. The molecule has 2 unspecified atom stereocenters. The number of amides is 2. The van der Waals surface area contributed by atoms with Gasteiger partial charge in [0.2, 0.25) is 11.8 Å². The zero-order valence-corrected chi connectivity index (χ0v) is 9.66. The lowest BCUT2D eigenvalue weighted by atomic mass is 10.1. The van der Waals surface area contributed by atoms with Gasteiger partial charge in [0.25, 0.3) is 0 Å². The van der Waals surface area contributed by atoms with Crippen LogP contribution in [-0.2, 0) is 9.59 Å². The van der Waals surface area contributed by atoms with Crippen LogP contribution in [0.25, 0.3) is 0 Å². The zero-order valence-electron chi connectivity index (χ0n) is 9.66. The predicted molar refractivity (Wildman–Crippen MR) is 59.7 cm³/mol. The molecule has 0 spiro atoms. The second-order valence-electron chi connectivity index (χ2n) is 4.38. The molecular formula is C11H20N2O3. The van der Waals surface area contributed by atoms with Crippen molar-refractivity contribution in [1.29, 1.82) is 0 Å². The third-order valence-corrected chi connectivity index (χ3v) is 2.80. The molecule has 16 heavy (non-hydrogen) atoms. The van der Waals surface area contributed by atoms with Crippen molar-refractivity contribution in [3.05, 3.63) is 0 Å². The summed E-state index contributed by atoms with van der Waals surface area (Å²) in [5.41, 5.74) is 0. The minimum atomic E-state index is -0.345. The fourth-order valence-corrected chi connectivity index (χ4v) is 1.69. The molecule has 0 bridgehead atoms. The van der Waals surface area contributed by atoms with E-state index in [1.165, 1.54) is 0 Å². The highest BCUT2D eigenvalue weighted by atomic mass is 16.3. The van der Waals surface area contributed by atoms with E-state index in [1.807, 2.05) is 6.92 Å². The second kappa shape index (κ2) is 6.48. The van der Waals surface area contributed by atoms with E-state index in [1.54, 1.807) is 0 Å². The number of aliphatic hydroxyl groups excluding tert-OH is 1. The van der Waals surface area contributed by atoms with Gasteiger partial charge in [0, 0.05) is 19.6 Å². The summed E-state index contributed by atoms with van der Waals surface area (Å²) in [7, 11) is 0. The Labute approximate surface area is 95.6 Å². The molecule has 0 aromatic rings. The number of nitrogens with one attached hydrogen (secondary N) is 2. The fourth-order valence-electron chi connectivity index (χ4n) is 1.69. The van der Waals surface area contributed by atoms with Gasteiger partial charge in [0.05, 0.1) is 0 Å². The molecule has 3 N–H and O–H groups in total. The molecule has 0 aromatic heterocycles. The Morgan fingerprint density at radius 3 is 3.00 bits per heavy atom. The minimum absolute atomic E-state index is 0.0472. The first-order chi connectivity index (χ1) is 7.63. The van der Waals surface area contributed by atoms with E-state index in [4.69, 9.17) is 5.11 Å². The first-order valence-electron chi connectivity index (χ1n) is 5.81. The van der Waals surface area contributed by atoms with Gasteiger partial charge in [0.1, 0.15) is 6.04 Å². The molecule has 1 rings (SSSR count). The van der Waals surface area contributed by atoms with Crippen molar-refractivity contribution in [3.8, 4) is 0 Å². The topological polar surface area (TPSA) is 78.4 Å². The van der Waals surface area contributed by atoms with E-state index in [9.17, 15) is 9.59 Å². The fraction of sp³-hybridized carbons (Fsp3) is 0.818. The maximum atomic E-state index is 11.5. The lowest BCUT2D eigenvalue weighted by Gasteiger charge is -2.11. The number of carbonyl (C=O) groups excluding carboxylic acids is 2. The molecule has 92 valence electrons. The van der Waals surface area contributed by atoms with Gasteiger partial charge in [-0.1, -0.05) is 6.92 Å². The Bertz CT molecular complexity index is 256. The third-order valence-electron chi connectivity index (χ3n) is 2.80. The molecule has 2 amide bonds. The second-order valence-corrected chi connectivity index (χ2v) is 4.38. The van der Waals surface area contributed by atoms with Gasteiger partial charge in [-0.15, -0.1) is 0 Å². The molecule has 1 saturated heterocycles. The highest BCUT2D eigenvalue weighted by Crippen LogP contribution is 2.07. The summed E-state index contributed by atoms with van der Waals surface area (Å²) in [5.74, 6) is 0.139. The lowest BCUT2D eigenvalue weighted by Crippen LogP contribution is -2.41. The smallest absolute Gasteiger partial charge is 0.242 e. The van der Waals surface area contributed by atoms with Crippen LogP contribution in [0.15, 0.2) is 0 Å². The monoisotopic (exact) mass is 228 g/mol. The maximum absolute atomic E-state index is 11.5. The van der Waals surface area contributed by atoms with Crippen LogP contribution in [0, 0.1) is 5.92 Å². The first kappa shape index (κ1) is 13.0.